The highest BCUT2D eigenvalue weighted by Crippen LogP contribution is 2.14. The second-order valence-corrected chi connectivity index (χ2v) is 5.18. The van der Waals surface area contributed by atoms with Gasteiger partial charge in [-0.05, 0) is 42.4 Å². The number of nitrogens with zero attached hydrogens (tertiary/aromatic N) is 4. The maximum atomic E-state index is 4.10. The van der Waals surface area contributed by atoms with Crippen LogP contribution in [0.15, 0.2) is 30.3 Å². The van der Waals surface area contributed by atoms with E-state index in [9.17, 15) is 0 Å². The van der Waals surface area contributed by atoms with Crippen LogP contribution in [0.1, 0.15) is 19.2 Å². The Labute approximate surface area is 112 Å². The van der Waals surface area contributed by atoms with E-state index in [2.05, 4.69) is 33.1 Å². The molecular formula is C13H18N6. The Morgan fingerprint density at radius 3 is 2.95 bits per heavy atom. The molecule has 1 atom stereocenters. The molecule has 2 heterocycles. The van der Waals surface area contributed by atoms with Gasteiger partial charge >= 0.3 is 0 Å². The van der Waals surface area contributed by atoms with Crippen molar-refractivity contribution in [1.82, 2.24) is 30.8 Å². The lowest BCUT2D eigenvalue weighted by molar-refractivity contribution is 0.378. The highest BCUT2D eigenvalue weighted by Gasteiger charge is 2.28. The van der Waals surface area contributed by atoms with Crippen molar-refractivity contribution in [3.05, 3.63) is 36.2 Å². The average Bonchev–Trinajstić information content (AvgIpc) is 3.07. The Bertz CT molecular complexity index is 529. The lowest BCUT2D eigenvalue weighted by atomic mass is 10.0. The maximum Gasteiger partial charge on any atom is 0.170 e. The van der Waals surface area contributed by atoms with Gasteiger partial charge < -0.3 is 10.6 Å². The first-order valence-electron chi connectivity index (χ1n) is 6.55. The van der Waals surface area contributed by atoms with Gasteiger partial charge in [0, 0.05) is 12.1 Å². The molecule has 0 amide bonds. The molecule has 1 aromatic carbocycles. The molecule has 1 saturated heterocycles. The van der Waals surface area contributed by atoms with Crippen molar-refractivity contribution in [3.63, 3.8) is 0 Å². The Morgan fingerprint density at radius 2 is 2.21 bits per heavy atom. The van der Waals surface area contributed by atoms with E-state index in [-0.39, 0.29) is 5.54 Å². The van der Waals surface area contributed by atoms with E-state index >= 15 is 0 Å². The minimum absolute atomic E-state index is 0.132. The molecular weight excluding hydrogens is 240 g/mol. The number of rotatable bonds is 4. The van der Waals surface area contributed by atoms with E-state index < -0.39 is 0 Å². The van der Waals surface area contributed by atoms with E-state index in [1.165, 1.54) is 0 Å². The van der Waals surface area contributed by atoms with Crippen molar-refractivity contribution in [3.8, 4) is 5.69 Å². The SMILES string of the molecule is CC1(NCc2nnnn2-c2ccccc2)CCNC1. The van der Waals surface area contributed by atoms with Crippen LogP contribution in [0.3, 0.4) is 0 Å². The van der Waals surface area contributed by atoms with Crippen LogP contribution in [-0.2, 0) is 6.54 Å². The second kappa shape index (κ2) is 5.07. The van der Waals surface area contributed by atoms with Crippen molar-refractivity contribution in [2.75, 3.05) is 13.1 Å². The molecule has 100 valence electrons. The predicted molar refractivity (Wildman–Crippen MR) is 71.9 cm³/mol. The number of aromatic nitrogens is 4. The zero-order chi connectivity index (χ0) is 13.1. The summed E-state index contributed by atoms with van der Waals surface area (Å²) in [5.41, 5.74) is 1.12. The number of hydrogen-bond acceptors (Lipinski definition) is 5. The van der Waals surface area contributed by atoms with Gasteiger partial charge in [0.2, 0.25) is 0 Å². The third-order valence-corrected chi connectivity index (χ3v) is 3.58. The van der Waals surface area contributed by atoms with E-state index in [1.807, 2.05) is 30.3 Å². The van der Waals surface area contributed by atoms with E-state index in [1.54, 1.807) is 4.68 Å². The van der Waals surface area contributed by atoms with Crippen molar-refractivity contribution in [2.24, 2.45) is 0 Å². The third-order valence-electron chi connectivity index (χ3n) is 3.58. The fourth-order valence-corrected chi connectivity index (χ4v) is 2.35. The quantitative estimate of drug-likeness (QED) is 0.836. The summed E-state index contributed by atoms with van der Waals surface area (Å²) in [7, 11) is 0. The summed E-state index contributed by atoms with van der Waals surface area (Å²) in [5.74, 6) is 0.833. The molecule has 3 rings (SSSR count). The Kier molecular flexibility index (Phi) is 3.27. The van der Waals surface area contributed by atoms with E-state index in [4.69, 9.17) is 0 Å². The largest absolute Gasteiger partial charge is 0.315 e. The van der Waals surface area contributed by atoms with E-state index in [0.717, 1.165) is 31.0 Å². The minimum atomic E-state index is 0.132. The molecule has 0 saturated carbocycles. The summed E-state index contributed by atoms with van der Waals surface area (Å²) in [6.45, 7) is 4.94. The van der Waals surface area contributed by atoms with Crippen LogP contribution in [0.4, 0.5) is 0 Å². The molecule has 0 bridgehead atoms. The molecule has 1 fully saturated rings. The summed E-state index contributed by atoms with van der Waals surface area (Å²) in [4.78, 5) is 0. The van der Waals surface area contributed by atoms with Gasteiger partial charge in [0.1, 0.15) is 0 Å². The first-order chi connectivity index (χ1) is 9.27. The molecule has 6 heteroatoms. The van der Waals surface area contributed by atoms with Crippen LogP contribution in [0.2, 0.25) is 0 Å². The molecule has 1 aliphatic heterocycles. The topological polar surface area (TPSA) is 67.7 Å². The third kappa shape index (κ3) is 2.64. The van der Waals surface area contributed by atoms with Crippen LogP contribution in [0.5, 0.6) is 0 Å². The van der Waals surface area contributed by atoms with Crippen molar-refractivity contribution < 1.29 is 0 Å². The summed E-state index contributed by atoms with van der Waals surface area (Å²) in [5, 5.41) is 18.8. The number of benzene rings is 1. The van der Waals surface area contributed by atoms with Crippen LogP contribution in [0, 0.1) is 0 Å². The molecule has 2 N–H and O–H groups in total. The average molecular weight is 258 g/mol. The predicted octanol–water partition coefficient (Wildman–Crippen LogP) is 0.504. The zero-order valence-electron chi connectivity index (χ0n) is 11.0. The fraction of sp³-hybridized carbons (Fsp3) is 0.462. The molecule has 0 spiro atoms. The number of para-hydroxylation sites is 1. The first kappa shape index (κ1) is 12.3. The molecule has 1 aliphatic rings. The Balaban J connectivity index is 1.74. The minimum Gasteiger partial charge on any atom is -0.315 e. The van der Waals surface area contributed by atoms with Gasteiger partial charge in [-0.15, -0.1) is 5.10 Å². The van der Waals surface area contributed by atoms with Gasteiger partial charge in [-0.2, -0.15) is 4.68 Å². The van der Waals surface area contributed by atoms with Crippen molar-refractivity contribution in [1.29, 1.82) is 0 Å². The van der Waals surface area contributed by atoms with Gasteiger partial charge in [-0.3, -0.25) is 0 Å². The second-order valence-electron chi connectivity index (χ2n) is 5.18. The summed E-state index contributed by atoms with van der Waals surface area (Å²) < 4.78 is 1.78. The van der Waals surface area contributed by atoms with Gasteiger partial charge in [0.05, 0.1) is 12.2 Å². The molecule has 0 radical (unpaired) electrons. The number of hydrogen-bond donors (Lipinski definition) is 2. The smallest absolute Gasteiger partial charge is 0.170 e. The molecule has 2 aromatic rings. The lowest BCUT2D eigenvalue weighted by Gasteiger charge is -2.24. The molecule has 0 aliphatic carbocycles. The number of nitrogens with one attached hydrogen (secondary N) is 2. The highest BCUT2D eigenvalue weighted by molar-refractivity contribution is 5.30. The molecule has 1 unspecified atom stereocenters. The normalized spacial score (nSPS) is 22.8. The van der Waals surface area contributed by atoms with Gasteiger partial charge in [-0.25, -0.2) is 0 Å². The Hall–Kier alpha value is -1.79. The molecule has 6 nitrogen and oxygen atoms in total. The summed E-state index contributed by atoms with van der Waals surface area (Å²) in [6.07, 6.45) is 1.12. The van der Waals surface area contributed by atoms with Crippen molar-refractivity contribution >= 4 is 0 Å². The monoisotopic (exact) mass is 258 g/mol. The van der Waals surface area contributed by atoms with Gasteiger partial charge in [-0.1, -0.05) is 18.2 Å². The van der Waals surface area contributed by atoms with Crippen LogP contribution < -0.4 is 10.6 Å². The first-order valence-corrected chi connectivity index (χ1v) is 6.55. The van der Waals surface area contributed by atoms with Gasteiger partial charge in [0.15, 0.2) is 5.82 Å². The van der Waals surface area contributed by atoms with E-state index in [0.29, 0.717) is 6.54 Å². The van der Waals surface area contributed by atoms with Gasteiger partial charge in [0.25, 0.3) is 0 Å². The maximum absolute atomic E-state index is 4.10. The summed E-state index contributed by atoms with van der Waals surface area (Å²) in [6, 6.07) is 9.95. The van der Waals surface area contributed by atoms with Crippen LogP contribution >= 0.6 is 0 Å². The van der Waals surface area contributed by atoms with Crippen LogP contribution in [-0.4, -0.2) is 38.8 Å². The standard InChI is InChI=1S/C13H18N6/c1-13(7-8-14-10-13)15-9-12-16-17-18-19(12)11-5-3-2-4-6-11/h2-6,14-15H,7-10H2,1H3. The highest BCUT2D eigenvalue weighted by atomic mass is 15.5. The number of tetrazole rings is 1. The van der Waals surface area contributed by atoms with Crippen LogP contribution in [0.25, 0.3) is 5.69 Å². The fourth-order valence-electron chi connectivity index (χ4n) is 2.35. The Morgan fingerprint density at radius 1 is 1.37 bits per heavy atom. The zero-order valence-corrected chi connectivity index (χ0v) is 11.0. The molecule has 1 aromatic heterocycles. The molecule has 19 heavy (non-hydrogen) atoms. The summed E-state index contributed by atoms with van der Waals surface area (Å²) >= 11 is 0. The van der Waals surface area contributed by atoms with Crippen molar-refractivity contribution in [2.45, 2.75) is 25.4 Å². The lowest BCUT2D eigenvalue weighted by Crippen LogP contribution is -2.44.